The lowest BCUT2D eigenvalue weighted by Gasteiger charge is -2.03. The van der Waals surface area contributed by atoms with Crippen LogP contribution in [0.3, 0.4) is 0 Å². The Labute approximate surface area is 121 Å². The summed E-state index contributed by atoms with van der Waals surface area (Å²) < 4.78 is 6.96. The van der Waals surface area contributed by atoms with Crippen LogP contribution in [-0.4, -0.2) is 43.4 Å². The molecule has 0 unspecified atom stereocenters. The number of thioether (sulfide) groups is 1. The number of likely N-dealkylation sites (N-methyl/N-ethyl adjacent to an activating group) is 1. The van der Waals surface area contributed by atoms with E-state index >= 15 is 0 Å². The van der Waals surface area contributed by atoms with Crippen molar-refractivity contribution in [1.29, 1.82) is 0 Å². The lowest BCUT2D eigenvalue weighted by atomic mass is 10.2. The first-order valence-corrected chi connectivity index (χ1v) is 7.61. The van der Waals surface area contributed by atoms with Crippen LogP contribution in [0.2, 0.25) is 0 Å². The second-order valence-corrected chi connectivity index (χ2v) is 5.47. The van der Waals surface area contributed by atoms with E-state index in [0.29, 0.717) is 11.6 Å². The summed E-state index contributed by atoms with van der Waals surface area (Å²) in [6.45, 7) is 8.64. The highest BCUT2D eigenvalue weighted by Crippen LogP contribution is 2.20. The lowest BCUT2D eigenvalue weighted by Crippen LogP contribution is -2.20. The smallest absolute Gasteiger partial charge is 0.237 e. The summed E-state index contributed by atoms with van der Waals surface area (Å²) in [4.78, 5) is 4.33. The van der Waals surface area contributed by atoms with E-state index in [4.69, 9.17) is 4.52 Å². The van der Waals surface area contributed by atoms with Crippen molar-refractivity contribution >= 4 is 11.8 Å². The topological polar surface area (TPSA) is 94.6 Å². The Morgan fingerprint density at radius 2 is 2.25 bits per heavy atom. The summed E-state index contributed by atoms with van der Waals surface area (Å²) in [6.07, 6.45) is 0. The van der Waals surface area contributed by atoms with Crippen LogP contribution in [0.25, 0.3) is 0 Å². The van der Waals surface area contributed by atoms with Crippen molar-refractivity contribution in [1.82, 2.24) is 35.7 Å². The van der Waals surface area contributed by atoms with Gasteiger partial charge in [0.1, 0.15) is 0 Å². The third kappa shape index (κ3) is 4.01. The quantitative estimate of drug-likeness (QED) is 0.571. The second kappa shape index (κ2) is 7.34. The van der Waals surface area contributed by atoms with E-state index in [1.807, 2.05) is 13.8 Å². The number of hydrogen-bond donors (Lipinski definition) is 1. The molecule has 0 radical (unpaired) electrons. The van der Waals surface area contributed by atoms with Gasteiger partial charge in [-0.3, -0.25) is 0 Å². The Morgan fingerprint density at radius 1 is 1.40 bits per heavy atom. The van der Waals surface area contributed by atoms with Crippen molar-refractivity contribution in [2.24, 2.45) is 0 Å². The average molecular weight is 297 g/mol. The van der Waals surface area contributed by atoms with Crippen LogP contribution in [0, 0.1) is 0 Å². The van der Waals surface area contributed by atoms with E-state index in [2.05, 4.69) is 37.9 Å². The molecule has 0 saturated carbocycles. The molecule has 20 heavy (non-hydrogen) atoms. The van der Waals surface area contributed by atoms with E-state index in [1.165, 1.54) is 11.8 Å². The summed E-state index contributed by atoms with van der Waals surface area (Å²) in [7, 11) is 0. The Bertz CT molecular complexity index is 524. The highest BCUT2D eigenvalue weighted by molar-refractivity contribution is 7.98. The van der Waals surface area contributed by atoms with Gasteiger partial charge in [-0.05, 0) is 17.0 Å². The van der Waals surface area contributed by atoms with E-state index in [9.17, 15) is 0 Å². The maximum atomic E-state index is 5.19. The zero-order chi connectivity index (χ0) is 14.4. The fourth-order valence-electron chi connectivity index (χ4n) is 1.49. The van der Waals surface area contributed by atoms with Gasteiger partial charge >= 0.3 is 0 Å². The molecule has 0 amide bonds. The van der Waals surface area contributed by atoms with Crippen LogP contribution in [-0.2, 0) is 12.3 Å². The van der Waals surface area contributed by atoms with Gasteiger partial charge < -0.3 is 9.84 Å². The van der Waals surface area contributed by atoms with Crippen LogP contribution < -0.4 is 5.32 Å². The van der Waals surface area contributed by atoms with Gasteiger partial charge in [-0.15, -0.1) is 5.10 Å². The molecule has 0 spiro atoms. The minimum absolute atomic E-state index is 0.267. The molecular formula is C11H19N7OS. The van der Waals surface area contributed by atoms with Crippen LogP contribution >= 0.6 is 11.8 Å². The van der Waals surface area contributed by atoms with E-state index in [-0.39, 0.29) is 5.92 Å². The first-order chi connectivity index (χ1) is 9.70. The molecule has 0 aliphatic rings. The number of rotatable bonds is 8. The fourth-order valence-corrected chi connectivity index (χ4v) is 2.23. The van der Waals surface area contributed by atoms with Crippen molar-refractivity contribution in [3.63, 3.8) is 0 Å². The molecule has 0 aliphatic heterocycles. The zero-order valence-corrected chi connectivity index (χ0v) is 12.7. The third-order valence-electron chi connectivity index (χ3n) is 2.57. The van der Waals surface area contributed by atoms with Gasteiger partial charge in [0.15, 0.2) is 5.82 Å². The van der Waals surface area contributed by atoms with Crippen molar-refractivity contribution in [2.45, 2.75) is 44.1 Å². The summed E-state index contributed by atoms with van der Waals surface area (Å²) in [6, 6.07) is 0. The van der Waals surface area contributed by atoms with E-state index in [0.717, 1.165) is 30.6 Å². The molecule has 0 fully saturated rings. The third-order valence-corrected chi connectivity index (χ3v) is 3.52. The molecule has 0 aliphatic carbocycles. The predicted octanol–water partition coefficient (Wildman–Crippen LogP) is 1.08. The molecule has 1 N–H and O–H groups in total. The van der Waals surface area contributed by atoms with Crippen molar-refractivity contribution in [3.05, 3.63) is 11.7 Å². The molecule has 2 rings (SSSR count). The molecule has 8 nitrogen and oxygen atoms in total. The van der Waals surface area contributed by atoms with Gasteiger partial charge in [0.2, 0.25) is 11.0 Å². The SMILES string of the molecule is CCNCCn1nnnc1SCc1nc(C(C)C)no1. The minimum Gasteiger partial charge on any atom is -0.338 e. The van der Waals surface area contributed by atoms with Crippen LogP contribution in [0.15, 0.2) is 9.68 Å². The maximum absolute atomic E-state index is 5.19. The Morgan fingerprint density at radius 3 is 2.95 bits per heavy atom. The van der Waals surface area contributed by atoms with Gasteiger partial charge in [-0.25, -0.2) is 4.68 Å². The van der Waals surface area contributed by atoms with Gasteiger partial charge in [-0.2, -0.15) is 4.98 Å². The molecule has 0 saturated heterocycles. The Kier molecular flexibility index (Phi) is 5.48. The highest BCUT2D eigenvalue weighted by atomic mass is 32.2. The molecule has 2 aromatic heterocycles. The summed E-state index contributed by atoms with van der Waals surface area (Å²) >= 11 is 1.49. The number of aromatic nitrogens is 6. The van der Waals surface area contributed by atoms with E-state index < -0.39 is 0 Å². The monoisotopic (exact) mass is 297 g/mol. The molecular weight excluding hydrogens is 278 g/mol. The van der Waals surface area contributed by atoms with Crippen LogP contribution in [0.5, 0.6) is 0 Å². The minimum atomic E-state index is 0.267. The van der Waals surface area contributed by atoms with Gasteiger partial charge in [-0.1, -0.05) is 37.7 Å². The van der Waals surface area contributed by atoms with E-state index in [1.54, 1.807) is 4.68 Å². The number of nitrogens with one attached hydrogen (secondary N) is 1. The normalized spacial score (nSPS) is 11.4. The second-order valence-electron chi connectivity index (χ2n) is 4.53. The van der Waals surface area contributed by atoms with Crippen molar-refractivity contribution in [2.75, 3.05) is 13.1 Å². The van der Waals surface area contributed by atoms with Crippen molar-refractivity contribution < 1.29 is 4.52 Å². The standard InChI is InChI=1S/C11H19N7OS/c1-4-12-5-6-18-11(14-16-17-18)20-7-9-13-10(8(2)3)15-19-9/h8,12H,4-7H2,1-3H3. The number of tetrazole rings is 1. The summed E-state index contributed by atoms with van der Waals surface area (Å²) in [5, 5.41) is 19.6. The van der Waals surface area contributed by atoms with Gasteiger partial charge in [0, 0.05) is 12.5 Å². The summed E-state index contributed by atoms with van der Waals surface area (Å²) in [5.41, 5.74) is 0. The molecule has 0 aromatic carbocycles. The predicted molar refractivity (Wildman–Crippen MR) is 74.3 cm³/mol. The number of hydrogen-bond acceptors (Lipinski definition) is 8. The molecule has 2 aromatic rings. The van der Waals surface area contributed by atoms with Crippen LogP contribution in [0.1, 0.15) is 38.4 Å². The molecule has 0 atom stereocenters. The molecule has 2 heterocycles. The highest BCUT2D eigenvalue weighted by Gasteiger charge is 2.12. The first kappa shape index (κ1) is 14.9. The lowest BCUT2D eigenvalue weighted by molar-refractivity contribution is 0.382. The maximum Gasteiger partial charge on any atom is 0.237 e. The van der Waals surface area contributed by atoms with Gasteiger partial charge in [0.25, 0.3) is 0 Å². The summed E-state index contributed by atoms with van der Waals surface area (Å²) in [5.74, 6) is 2.16. The molecule has 9 heteroatoms. The van der Waals surface area contributed by atoms with Crippen LogP contribution in [0.4, 0.5) is 0 Å². The Hall–Kier alpha value is -1.48. The molecule has 110 valence electrons. The Balaban J connectivity index is 1.88. The molecule has 0 bridgehead atoms. The zero-order valence-electron chi connectivity index (χ0n) is 11.9. The first-order valence-electron chi connectivity index (χ1n) is 6.62. The van der Waals surface area contributed by atoms with Gasteiger partial charge in [0.05, 0.1) is 12.3 Å². The average Bonchev–Trinajstić information content (AvgIpc) is 3.05. The van der Waals surface area contributed by atoms with Crippen molar-refractivity contribution in [3.8, 4) is 0 Å². The fraction of sp³-hybridized carbons (Fsp3) is 0.727. The largest absolute Gasteiger partial charge is 0.338 e. The number of nitrogens with zero attached hydrogens (tertiary/aromatic N) is 6.